The first-order valence-electron chi connectivity index (χ1n) is 7.82. The average Bonchev–Trinajstić information content (AvgIpc) is 2.95. The molecular formula is C17H19N3O5. The lowest BCUT2D eigenvalue weighted by Crippen LogP contribution is -2.48. The highest BCUT2D eigenvalue weighted by Crippen LogP contribution is 2.37. The molecule has 8 nitrogen and oxygen atoms in total. The molecule has 2 heterocycles. The lowest BCUT2D eigenvalue weighted by molar-refractivity contribution is -0.0936. The zero-order chi connectivity index (χ0) is 18.2. The monoisotopic (exact) mass is 345 g/mol. The number of nitrogens with two attached hydrogens (primary N) is 1. The number of aryl methyl sites for hydroxylation is 1. The number of aromatic nitrogens is 2. The fraction of sp³-hybridized carbons (Fsp3) is 0.353. The predicted molar refractivity (Wildman–Crippen MR) is 89.0 cm³/mol. The summed E-state index contributed by atoms with van der Waals surface area (Å²) in [6.07, 6.45) is -0.894. The van der Waals surface area contributed by atoms with Crippen LogP contribution in [0.15, 0.2) is 41.3 Å². The normalized spacial score (nSPS) is 25.9. The Morgan fingerprint density at radius 2 is 2.12 bits per heavy atom. The fourth-order valence-electron chi connectivity index (χ4n) is 3.00. The molecule has 2 aromatic rings. The lowest BCUT2D eigenvalue weighted by atomic mass is 9.96. The van der Waals surface area contributed by atoms with E-state index in [-0.39, 0.29) is 12.2 Å². The second kappa shape index (κ2) is 6.40. The molecule has 0 aliphatic carbocycles. The van der Waals surface area contributed by atoms with Gasteiger partial charge in [0, 0.05) is 23.7 Å². The van der Waals surface area contributed by atoms with Crippen molar-refractivity contribution in [3.05, 3.63) is 58.1 Å². The van der Waals surface area contributed by atoms with Crippen molar-refractivity contribution < 1.29 is 19.7 Å². The molecule has 3 rings (SSSR count). The molecule has 0 unspecified atom stereocenters. The minimum atomic E-state index is -1.79. The van der Waals surface area contributed by atoms with Crippen LogP contribution in [0.5, 0.6) is 0 Å². The van der Waals surface area contributed by atoms with Crippen LogP contribution in [-0.2, 0) is 10.5 Å². The van der Waals surface area contributed by atoms with E-state index in [0.29, 0.717) is 11.1 Å². The van der Waals surface area contributed by atoms with Crippen LogP contribution in [-0.4, -0.2) is 44.4 Å². The van der Waals surface area contributed by atoms with Crippen LogP contribution in [0, 0.1) is 6.92 Å². The van der Waals surface area contributed by atoms with Gasteiger partial charge in [0.1, 0.15) is 11.9 Å². The zero-order valence-electron chi connectivity index (χ0n) is 13.6. The molecule has 1 fully saturated rings. The summed E-state index contributed by atoms with van der Waals surface area (Å²) in [5.74, 6) is -0.447. The maximum atomic E-state index is 13.2. The molecule has 132 valence electrons. The zero-order valence-corrected chi connectivity index (χ0v) is 13.6. The van der Waals surface area contributed by atoms with E-state index in [2.05, 4.69) is 4.98 Å². The Hall–Kier alpha value is -2.55. The Morgan fingerprint density at radius 3 is 2.72 bits per heavy atom. The Balaban J connectivity index is 2.20. The number of rotatable bonds is 4. The van der Waals surface area contributed by atoms with E-state index in [9.17, 15) is 19.8 Å². The maximum Gasteiger partial charge on any atom is 0.352 e. The van der Waals surface area contributed by atoms with Gasteiger partial charge in [0.25, 0.3) is 0 Å². The summed E-state index contributed by atoms with van der Waals surface area (Å²) in [4.78, 5) is 29.3. The Morgan fingerprint density at radius 1 is 1.44 bits per heavy atom. The van der Waals surface area contributed by atoms with Gasteiger partial charge in [-0.2, -0.15) is 4.98 Å². The predicted octanol–water partition coefficient (Wildman–Crippen LogP) is -0.188. The molecule has 1 aromatic heterocycles. The second-order valence-electron chi connectivity index (χ2n) is 6.05. The summed E-state index contributed by atoms with van der Waals surface area (Å²) in [5.41, 5.74) is 3.90. The number of ether oxygens (including phenoxy) is 1. The number of nitrogen functional groups attached to an aromatic ring is 1. The van der Waals surface area contributed by atoms with Crippen LogP contribution in [0.25, 0.3) is 0 Å². The van der Waals surface area contributed by atoms with Crippen LogP contribution in [0.2, 0.25) is 0 Å². The minimum Gasteiger partial charge on any atom is -0.394 e. The van der Waals surface area contributed by atoms with Crippen LogP contribution in [0.4, 0.5) is 5.82 Å². The molecule has 1 aliphatic heterocycles. The molecule has 1 saturated heterocycles. The fourth-order valence-corrected chi connectivity index (χ4v) is 3.00. The first-order chi connectivity index (χ1) is 11.9. The molecular weight excluding hydrogens is 326 g/mol. The van der Waals surface area contributed by atoms with E-state index in [0.717, 1.165) is 4.57 Å². The number of benzene rings is 1. The van der Waals surface area contributed by atoms with Crippen molar-refractivity contribution in [2.75, 3.05) is 12.3 Å². The van der Waals surface area contributed by atoms with Crippen molar-refractivity contribution in [1.82, 2.24) is 9.55 Å². The molecule has 0 saturated carbocycles. The molecule has 0 spiro atoms. The number of aliphatic hydroxyl groups excluding tert-OH is 2. The number of ketones is 1. The Kier molecular flexibility index (Phi) is 4.42. The van der Waals surface area contributed by atoms with Crippen molar-refractivity contribution in [3.8, 4) is 0 Å². The Labute approximate surface area is 143 Å². The third kappa shape index (κ3) is 2.84. The summed E-state index contributed by atoms with van der Waals surface area (Å²) >= 11 is 0. The molecule has 1 aliphatic rings. The highest BCUT2D eigenvalue weighted by Gasteiger charge is 2.53. The summed E-state index contributed by atoms with van der Waals surface area (Å²) in [7, 11) is 0. The van der Waals surface area contributed by atoms with Crippen molar-refractivity contribution in [2.24, 2.45) is 0 Å². The van der Waals surface area contributed by atoms with Crippen LogP contribution in [0.3, 0.4) is 0 Å². The smallest absolute Gasteiger partial charge is 0.352 e. The molecule has 0 bridgehead atoms. The first kappa shape index (κ1) is 17.3. The average molecular weight is 345 g/mol. The number of carbonyl (C=O) groups is 1. The van der Waals surface area contributed by atoms with Gasteiger partial charge in [0.05, 0.1) is 12.7 Å². The van der Waals surface area contributed by atoms with E-state index < -0.39 is 36.0 Å². The molecule has 1 aromatic carbocycles. The van der Waals surface area contributed by atoms with Gasteiger partial charge in [-0.15, -0.1) is 0 Å². The number of nitrogens with zero attached hydrogens (tertiary/aromatic N) is 2. The number of Topliss-reactive ketones (excluding diaryl/α,β-unsaturated/α-hetero) is 1. The van der Waals surface area contributed by atoms with Gasteiger partial charge < -0.3 is 20.7 Å². The van der Waals surface area contributed by atoms with Crippen LogP contribution < -0.4 is 11.4 Å². The van der Waals surface area contributed by atoms with E-state index >= 15 is 0 Å². The standard InChI is InChI=1S/C17H19N3O5/c1-10-8-20(16(24)19-15(10)18)17(7-12(22)13(9-21)25-17)14(23)11-5-3-2-4-6-11/h2-6,8,12-13,21-22H,7,9H2,1H3,(H2,18,19,24)/t12-,13+,17-/m0/s1. The molecule has 3 atom stereocenters. The second-order valence-corrected chi connectivity index (χ2v) is 6.05. The van der Waals surface area contributed by atoms with Gasteiger partial charge >= 0.3 is 5.69 Å². The highest BCUT2D eigenvalue weighted by atomic mass is 16.6. The molecule has 25 heavy (non-hydrogen) atoms. The summed E-state index contributed by atoms with van der Waals surface area (Å²) < 4.78 is 6.77. The summed E-state index contributed by atoms with van der Waals surface area (Å²) in [6.45, 7) is 1.16. The third-order valence-electron chi connectivity index (χ3n) is 4.37. The number of carbonyl (C=O) groups excluding carboxylic acids is 1. The van der Waals surface area contributed by atoms with Gasteiger partial charge in [-0.3, -0.25) is 9.36 Å². The first-order valence-corrected chi connectivity index (χ1v) is 7.82. The number of anilines is 1. The minimum absolute atomic E-state index is 0.0563. The SMILES string of the molecule is Cc1cn([C@@]2(C(=O)c3ccccc3)C[C@H](O)[C@@H](CO)O2)c(=O)nc1N. The van der Waals surface area contributed by atoms with Crippen LogP contribution >= 0.6 is 0 Å². The van der Waals surface area contributed by atoms with E-state index in [1.165, 1.54) is 6.20 Å². The molecule has 8 heteroatoms. The van der Waals surface area contributed by atoms with Crippen LogP contribution in [0.1, 0.15) is 22.3 Å². The number of hydrogen-bond donors (Lipinski definition) is 3. The van der Waals surface area contributed by atoms with Gasteiger partial charge in [0.2, 0.25) is 11.5 Å². The van der Waals surface area contributed by atoms with Gasteiger partial charge in [0.15, 0.2) is 0 Å². The lowest BCUT2D eigenvalue weighted by Gasteiger charge is -2.30. The third-order valence-corrected chi connectivity index (χ3v) is 4.37. The van der Waals surface area contributed by atoms with Gasteiger partial charge in [-0.1, -0.05) is 30.3 Å². The molecule has 4 N–H and O–H groups in total. The van der Waals surface area contributed by atoms with E-state index in [4.69, 9.17) is 10.5 Å². The van der Waals surface area contributed by atoms with Crippen molar-refractivity contribution in [1.29, 1.82) is 0 Å². The number of hydrogen-bond acceptors (Lipinski definition) is 7. The quantitative estimate of drug-likeness (QED) is 0.655. The highest BCUT2D eigenvalue weighted by molar-refractivity contribution is 6.01. The maximum absolute atomic E-state index is 13.2. The number of aliphatic hydroxyl groups is 2. The topological polar surface area (TPSA) is 128 Å². The van der Waals surface area contributed by atoms with Gasteiger partial charge in [-0.05, 0) is 6.92 Å². The molecule has 0 amide bonds. The van der Waals surface area contributed by atoms with Crippen molar-refractivity contribution >= 4 is 11.6 Å². The van der Waals surface area contributed by atoms with Crippen molar-refractivity contribution in [3.63, 3.8) is 0 Å². The largest absolute Gasteiger partial charge is 0.394 e. The van der Waals surface area contributed by atoms with E-state index in [1.54, 1.807) is 37.3 Å². The summed E-state index contributed by atoms with van der Waals surface area (Å²) in [5, 5.41) is 19.6. The van der Waals surface area contributed by atoms with Crippen molar-refractivity contribution in [2.45, 2.75) is 31.3 Å². The van der Waals surface area contributed by atoms with Gasteiger partial charge in [-0.25, -0.2) is 4.79 Å². The molecule has 0 radical (unpaired) electrons. The Bertz CT molecular complexity index is 851. The summed E-state index contributed by atoms with van der Waals surface area (Å²) in [6, 6.07) is 8.31. The van der Waals surface area contributed by atoms with E-state index in [1.807, 2.05) is 0 Å².